The number of thioether (sulfide) groups is 1. The van der Waals surface area contributed by atoms with E-state index in [9.17, 15) is 22.0 Å². The Labute approximate surface area is 212 Å². The van der Waals surface area contributed by atoms with E-state index in [1.807, 2.05) is 18.4 Å². The molecular formula is C25H25F2N3O4S2. The average Bonchev–Trinajstić information content (AvgIpc) is 2.86. The van der Waals surface area contributed by atoms with Crippen LogP contribution in [0, 0.1) is 11.6 Å². The molecule has 0 aliphatic heterocycles. The van der Waals surface area contributed by atoms with Gasteiger partial charge in [-0.3, -0.25) is 4.79 Å². The van der Waals surface area contributed by atoms with Crippen molar-refractivity contribution in [2.75, 3.05) is 6.26 Å². The van der Waals surface area contributed by atoms with Crippen LogP contribution in [0.3, 0.4) is 0 Å². The number of pyridine rings is 1. The molecule has 1 amide bonds. The molecular weight excluding hydrogens is 508 g/mol. The van der Waals surface area contributed by atoms with Gasteiger partial charge in [0.15, 0.2) is 0 Å². The number of ether oxygens (including phenoxy) is 1. The van der Waals surface area contributed by atoms with Crippen LogP contribution in [0.5, 0.6) is 11.6 Å². The average molecular weight is 534 g/mol. The van der Waals surface area contributed by atoms with Crippen molar-refractivity contribution in [3.05, 3.63) is 78.0 Å². The van der Waals surface area contributed by atoms with E-state index in [2.05, 4.69) is 15.0 Å². The van der Waals surface area contributed by atoms with E-state index in [0.29, 0.717) is 31.4 Å². The van der Waals surface area contributed by atoms with Crippen LogP contribution < -0.4 is 14.8 Å². The summed E-state index contributed by atoms with van der Waals surface area (Å²) in [6.45, 7) is 0. The molecule has 1 heterocycles. The van der Waals surface area contributed by atoms with Gasteiger partial charge < -0.3 is 10.1 Å². The molecule has 1 aromatic heterocycles. The number of nitrogens with zero attached hydrogens (tertiary/aromatic N) is 1. The number of nitrogens with one attached hydrogen (secondary N) is 2. The number of hydrogen-bond donors (Lipinski definition) is 2. The van der Waals surface area contributed by atoms with Gasteiger partial charge in [0, 0.05) is 17.0 Å². The van der Waals surface area contributed by atoms with Crippen LogP contribution in [0.25, 0.3) is 0 Å². The lowest BCUT2D eigenvalue weighted by Crippen LogP contribution is -2.43. The topological polar surface area (TPSA) is 97.4 Å². The highest BCUT2D eigenvalue weighted by atomic mass is 32.2. The molecule has 1 aliphatic rings. The Morgan fingerprint density at radius 2 is 1.72 bits per heavy atom. The monoisotopic (exact) mass is 533 g/mol. The molecule has 0 atom stereocenters. The molecule has 0 spiro atoms. The van der Waals surface area contributed by atoms with Crippen LogP contribution in [0.4, 0.5) is 8.78 Å². The van der Waals surface area contributed by atoms with Gasteiger partial charge in [-0.1, -0.05) is 12.1 Å². The molecule has 2 aromatic carbocycles. The van der Waals surface area contributed by atoms with Crippen LogP contribution in [-0.2, 0) is 10.0 Å². The van der Waals surface area contributed by atoms with Gasteiger partial charge >= 0.3 is 0 Å². The highest BCUT2D eigenvalue weighted by Crippen LogP contribution is 2.28. The van der Waals surface area contributed by atoms with E-state index in [4.69, 9.17) is 4.74 Å². The molecule has 1 saturated carbocycles. The smallest absolute Gasteiger partial charge is 0.257 e. The molecule has 11 heteroatoms. The molecule has 4 rings (SSSR count). The Morgan fingerprint density at radius 3 is 2.44 bits per heavy atom. The Hall–Kier alpha value is -3.02. The van der Waals surface area contributed by atoms with Gasteiger partial charge in [-0.05, 0) is 74.4 Å². The van der Waals surface area contributed by atoms with Gasteiger partial charge in [-0.2, -0.15) is 0 Å². The van der Waals surface area contributed by atoms with Gasteiger partial charge in [-0.25, -0.2) is 26.9 Å². The summed E-state index contributed by atoms with van der Waals surface area (Å²) in [6, 6.07) is 12.6. The first-order chi connectivity index (χ1) is 17.2. The number of benzene rings is 2. The molecule has 0 saturated heterocycles. The zero-order chi connectivity index (χ0) is 25.7. The summed E-state index contributed by atoms with van der Waals surface area (Å²) in [5.74, 6) is -1.36. The molecule has 7 nitrogen and oxygen atoms in total. The van der Waals surface area contributed by atoms with Crippen LogP contribution in [0.15, 0.2) is 70.6 Å². The zero-order valence-electron chi connectivity index (χ0n) is 19.4. The van der Waals surface area contributed by atoms with Gasteiger partial charge in [0.25, 0.3) is 5.91 Å². The lowest BCUT2D eigenvalue weighted by molar-refractivity contribution is 0.0921. The quantitative estimate of drug-likeness (QED) is 0.400. The van der Waals surface area contributed by atoms with Crippen molar-refractivity contribution in [1.29, 1.82) is 0 Å². The van der Waals surface area contributed by atoms with Gasteiger partial charge in [0.05, 0.1) is 11.1 Å². The third-order valence-corrected chi connectivity index (χ3v) is 8.05. The minimum absolute atomic E-state index is 0.0105. The van der Waals surface area contributed by atoms with Gasteiger partial charge in [-0.15, -0.1) is 11.8 Å². The fraction of sp³-hybridized carbons (Fsp3) is 0.280. The minimum atomic E-state index is -3.86. The maximum Gasteiger partial charge on any atom is 0.257 e. The standard InChI is InChI=1S/C25H25F2N3O4S2/c1-35-21-6-3-5-20(14-21)34-25-23(13-17(27)15-28-25)24(31)29-18-8-10-19(11-9-18)30-36(32,33)22-7-2-4-16(26)12-22/h2-7,12-15,18-19,30H,8-11H2,1H3,(H,29,31). The van der Waals surface area contributed by atoms with Crippen molar-refractivity contribution < 1.29 is 26.7 Å². The largest absolute Gasteiger partial charge is 0.438 e. The summed E-state index contributed by atoms with van der Waals surface area (Å²) in [4.78, 5) is 17.8. The molecule has 1 fully saturated rings. The van der Waals surface area contributed by atoms with E-state index in [1.165, 1.54) is 30.0 Å². The van der Waals surface area contributed by atoms with E-state index < -0.39 is 27.6 Å². The molecule has 36 heavy (non-hydrogen) atoms. The second kappa shape index (κ2) is 11.4. The van der Waals surface area contributed by atoms with Crippen LogP contribution in [0.1, 0.15) is 36.0 Å². The van der Waals surface area contributed by atoms with Crippen LogP contribution >= 0.6 is 11.8 Å². The second-order valence-electron chi connectivity index (χ2n) is 8.39. The number of hydrogen-bond acceptors (Lipinski definition) is 6. The Kier molecular flexibility index (Phi) is 8.22. The molecule has 0 bridgehead atoms. The van der Waals surface area contributed by atoms with Crippen molar-refractivity contribution in [2.45, 2.75) is 47.6 Å². The predicted molar refractivity (Wildman–Crippen MR) is 133 cm³/mol. The third kappa shape index (κ3) is 6.59. The molecule has 2 N–H and O–H groups in total. The minimum Gasteiger partial charge on any atom is -0.438 e. The van der Waals surface area contributed by atoms with Crippen LogP contribution in [0.2, 0.25) is 0 Å². The summed E-state index contributed by atoms with van der Waals surface area (Å²) in [6.07, 6.45) is 4.89. The number of carbonyl (C=O) groups is 1. The first-order valence-electron chi connectivity index (χ1n) is 11.3. The number of aromatic nitrogens is 1. The number of rotatable bonds is 8. The van der Waals surface area contributed by atoms with E-state index >= 15 is 0 Å². The normalized spacial score (nSPS) is 18.0. The SMILES string of the molecule is CSc1cccc(Oc2ncc(F)cc2C(=O)NC2CCC(NS(=O)(=O)c3cccc(F)c3)CC2)c1. The van der Waals surface area contributed by atoms with Gasteiger partial charge in [0.1, 0.15) is 22.9 Å². The maximum atomic E-state index is 13.9. The lowest BCUT2D eigenvalue weighted by atomic mass is 9.91. The lowest BCUT2D eigenvalue weighted by Gasteiger charge is -2.29. The summed E-state index contributed by atoms with van der Waals surface area (Å²) >= 11 is 1.53. The van der Waals surface area contributed by atoms with Crippen molar-refractivity contribution in [3.8, 4) is 11.6 Å². The first kappa shape index (κ1) is 26.1. The van der Waals surface area contributed by atoms with E-state index in [0.717, 1.165) is 23.2 Å². The van der Waals surface area contributed by atoms with Crippen molar-refractivity contribution in [1.82, 2.24) is 15.0 Å². The predicted octanol–water partition coefficient (Wildman–Crippen LogP) is 4.89. The summed E-state index contributed by atoms with van der Waals surface area (Å²) < 4.78 is 60.9. The van der Waals surface area contributed by atoms with Crippen molar-refractivity contribution in [3.63, 3.8) is 0 Å². The summed E-state index contributed by atoms with van der Waals surface area (Å²) in [7, 11) is -3.86. The van der Waals surface area contributed by atoms with Crippen molar-refractivity contribution >= 4 is 27.7 Å². The molecule has 3 aromatic rings. The fourth-order valence-corrected chi connectivity index (χ4v) is 5.77. The number of amides is 1. The molecule has 0 radical (unpaired) electrons. The summed E-state index contributed by atoms with van der Waals surface area (Å²) in [5, 5.41) is 2.88. The number of sulfonamides is 1. The molecule has 0 unspecified atom stereocenters. The van der Waals surface area contributed by atoms with Crippen molar-refractivity contribution in [2.24, 2.45) is 0 Å². The van der Waals surface area contributed by atoms with Crippen LogP contribution in [-0.4, -0.2) is 37.6 Å². The Bertz CT molecular complexity index is 1350. The fourth-order valence-electron chi connectivity index (χ4n) is 3.99. The summed E-state index contributed by atoms with van der Waals surface area (Å²) in [5.41, 5.74) is -0.0292. The Morgan fingerprint density at radius 1 is 1.00 bits per heavy atom. The van der Waals surface area contributed by atoms with E-state index in [1.54, 1.807) is 12.1 Å². The highest BCUT2D eigenvalue weighted by molar-refractivity contribution is 7.98. The second-order valence-corrected chi connectivity index (χ2v) is 11.0. The third-order valence-electron chi connectivity index (χ3n) is 5.81. The molecule has 1 aliphatic carbocycles. The van der Waals surface area contributed by atoms with Gasteiger partial charge in [0.2, 0.25) is 15.9 Å². The highest BCUT2D eigenvalue weighted by Gasteiger charge is 2.28. The Balaban J connectivity index is 1.38. The van der Waals surface area contributed by atoms with E-state index in [-0.39, 0.29) is 28.4 Å². The number of halogens is 2. The maximum absolute atomic E-state index is 13.9. The number of carbonyl (C=O) groups excluding carboxylic acids is 1. The first-order valence-corrected chi connectivity index (χ1v) is 14.0. The molecule has 190 valence electrons. The zero-order valence-corrected chi connectivity index (χ0v) is 21.0.